The molecule has 0 aromatic heterocycles. The van der Waals surface area contributed by atoms with E-state index in [4.69, 9.17) is 5.41 Å². The number of hydrogen-bond donors (Lipinski definition) is 1. The van der Waals surface area contributed by atoms with Crippen LogP contribution < -0.4 is 0 Å². The van der Waals surface area contributed by atoms with Crippen molar-refractivity contribution in [2.45, 2.75) is 52.4 Å². The molecular formula is C13H24N2. The summed E-state index contributed by atoms with van der Waals surface area (Å²) in [5.41, 5.74) is 0.598. The van der Waals surface area contributed by atoms with Gasteiger partial charge in [-0.2, -0.15) is 0 Å². The summed E-state index contributed by atoms with van der Waals surface area (Å²) in [5.74, 6) is 1.57. The molecule has 1 N–H and O–H groups in total. The monoisotopic (exact) mass is 208 g/mol. The Hall–Kier alpha value is -0.530. The lowest BCUT2D eigenvalue weighted by molar-refractivity contribution is 0.134. The predicted molar refractivity (Wildman–Crippen MR) is 64.3 cm³/mol. The molecule has 0 radical (unpaired) electrons. The van der Waals surface area contributed by atoms with Crippen molar-refractivity contribution < 1.29 is 0 Å². The Balaban J connectivity index is 1.87. The summed E-state index contributed by atoms with van der Waals surface area (Å²) in [6.07, 6.45) is 7.76. The number of piperidine rings is 1. The van der Waals surface area contributed by atoms with Crippen LogP contribution in [-0.4, -0.2) is 23.8 Å². The summed E-state index contributed by atoms with van der Waals surface area (Å²) in [5, 5.41) is 8.07. The second-order valence-electron chi connectivity index (χ2n) is 5.35. The summed E-state index contributed by atoms with van der Waals surface area (Å²) in [6, 6.07) is 0. The van der Waals surface area contributed by atoms with Crippen molar-refractivity contribution >= 4 is 5.84 Å². The van der Waals surface area contributed by atoms with E-state index in [2.05, 4.69) is 18.7 Å². The molecule has 2 heteroatoms. The van der Waals surface area contributed by atoms with Gasteiger partial charge in [0.25, 0.3) is 0 Å². The third-order valence-electron chi connectivity index (χ3n) is 4.63. The first-order valence-electron chi connectivity index (χ1n) is 6.54. The van der Waals surface area contributed by atoms with Crippen LogP contribution in [0.5, 0.6) is 0 Å². The van der Waals surface area contributed by atoms with Crippen LogP contribution >= 0.6 is 0 Å². The zero-order chi connectivity index (χ0) is 10.9. The fraction of sp³-hybridized carbons (Fsp3) is 0.923. The van der Waals surface area contributed by atoms with Crippen molar-refractivity contribution in [1.82, 2.24) is 4.90 Å². The van der Waals surface area contributed by atoms with Gasteiger partial charge in [0.2, 0.25) is 0 Å². The molecule has 0 unspecified atom stereocenters. The van der Waals surface area contributed by atoms with E-state index in [9.17, 15) is 0 Å². The van der Waals surface area contributed by atoms with E-state index in [1.54, 1.807) is 0 Å². The van der Waals surface area contributed by atoms with Gasteiger partial charge in [0.05, 0.1) is 5.84 Å². The average Bonchev–Trinajstić information content (AvgIpc) is 3.12. The van der Waals surface area contributed by atoms with Crippen molar-refractivity contribution in [1.29, 1.82) is 5.41 Å². The Morgan fingerprint density at radius 1 is 1.20 bits per heavy atom. The maximum Gasteiger partial charge on any atom is 0.0989 e. The third kappa shape index (κ3) is 2.19. The quantitative estimate of drug-likeness (QED) is 0.559. The highest BCUT2D eigenvalue weighted by Gasteiger charge is 2.36. The lowest BCUT2D eigenvalue weighted by atomic mass is 9.74. The topological polar surface area (TPSA) is 27.1 Å². The van der Waals surface area contributed by atoms with Crippen LogP contribution in [0.25, 0.3) is 0 Å². The molecule has 2 rings (SSSR count). The number of hydrogen-bond acceptors (Lipinski definition) is 1. The van der Waals surface area contributed by atoms with Gasteiger partial charge in [-0.3, -0.25) is 5.41 Å². The average molecular weight is 208 g/mol. The second-order valence-corrected chi connectivity index (χ2v) is 5.35. The molecule has 0 spiro atoms. The summed E-state index contributed by atoms with van der Waals surface area (Å²) in [7, 11) is 0. The Bertz CT molecular complexity index is 229. The van der Waals surface area contributed by atoms with Gasteiger partial charge in [-0.15, -0.1) is 0 Å². The highest BCUT2D eigenvalue weighted by Crippen LogP contribution is 2.39. The Kier molecular flexibility index (Phi) is 3.03. The Labute approximate surface area is 93.6 Å². The zero-order valence-electron chi connectivity index (χ0n) is 10.2. The van der Waals surface area contributed by atoms with Gasteiger partial charge in [-0.25, -0.2) is 0 Å². The minimum atomic E-state index is 0.598. The minimum absolute atomic E-state index is 0.598. The van der Waals surface area contributed by atoms with Crippen LogP contribution in [0.2, 0.25) is 0 Å². The first kappa shape index (κ1) is 11.0. The molecule has 2 aliphatic rings. The molecule has 0 atom stereocenters. The summed E-state index contributed by atoms with van der Waals surface area (Å²) in [4.78, 5) is 2.33. The number of nitrogens with zero attached hydrogens (tertiary/aromatic N) is 1. The van der Waals surface area contributed by atoms with E-state index in [-0.39, 0.29) is 0 Å². The van der Waals surface area contributed by atoms with Crippen molar-refractivity contribution in [2.75, 3.05) is 13.1 Å². The van der Waals surface area contributed by atoms with Gasteiger partial charge < -0.3 is 4.90 Å². The standard InChI is InChI=1S/C13H24N2/c1-3-13(4-2)7-9-15(10-8-13)12(14)11-5-6-11/h11,14H,3-10H2,1-2H3. The van der Waals surface area contributed by atoms with Crippen molar-refractivity contribution in [3.05, 3.63) is 0 Å². The first-order chi connectivity index (χ1) is 7.21. The fourth-order valence-corrected chi connectivity index (χ4v) is 2.79. The molecule has 1 saturated carbocycles. The molecule has 1 saturated heterocycles. The largest absolute Gasteiger partial charge is 0.360 e. The van der Waals surface area contributed by atoms with Crippen LogP contribution in [0, 0.1) is 16.7 Å². The van der Waals surface area contributed by atoms with E-state index < -0.39 is 0 Å². The fourth-order valence-electron chi connectivity index (χ4n) is 2.79. The predicted octanol–water partition coefficient (Wildman–Crippen LogP) is 3.28. The molecule has 0 amide bonds. The van der Waals surface area contributed by atoms with Crippen LogP contribution in [-0.2, 0) is 0 Å². The van der Waals surface area contributed by atoms with Crippen LogP contribution in [0.1, 0.15) is 52.4 Å². The highest BCUT2D eigenvalue weighted by atomic mass is 15.2. The lowest BCUT2D eigenvalue weighted by Crippen LogP contribution is -2.43. The first-order valence-corrected chi connectivity index (χ1v) is 6.54. The number of likely N-dealkylation sites (tertiary alicyclic amines) is 1. The van der Waals surface area contributed by atoms with E-state index in [0.717, 1.165) is 18.9 Å². The normalized spacial score (nSPS) is 25.3. The minimum Gasteiger partial charge on any atom is -0.360 e. The molecule has 1 aliphatic carbocycles. The van der Waals surface area contributed by atoms with E-state index in [0.29, 0.717) is 11.3 Å². The summed E-state index contributed by atoms with van der Waals surface area (Å²) in [6.45, 7) is 6.92. The maximum atomic E-state index is 8.07. The van der Waals surface area contributed by atoms with Gasteiger partial charge in [0.15, 0.2) is 0 Å². The third-order valence-corrected chi connectivity index (χ3v) is 4.63. The van der Waals surface area contributed by atoms with Gasteiger partial charge in [0, 0.05) is 19.0 Å². The highest BCUT2D eigenvalue weighted by molar-refractivity contribution is 5.83. The second kappa shape index (κ2) is 4.15. The van der Waals surface area contributed by atoms with Crippen molar-refractivity contribution in [2.24, 2.45) is 11.3 Å². The van der Waals surface area contributed by atoms with Crippen molar-refractivity contribution in [3.63, 3.8) is 0 Å². The van der Waals surface area contributed by atoms with Crippen LogP contribution in [0.4, 0.5) is 0 Å². The number of nitrogens with one attached hydrogen (secondary N) is 1. The molecule has 2 fully saturated rings. The lowest BCUT2D eigenvalue weighted by Gasteiger charge is -2.42. The Morgan fingerprint density at radius 3 is 2.13 bits per heavy atom. The van der Waals surface area contributed by atoms with E-state index in [1.807, 2.05) is 0 Å². The summed E-state index contributed by atoms with van der Waals surface area (Å²) >= 11 is 0. The number of amidine groups is 1. The molecule has 0 aromatic carbocycles. The molecule has 0 bridgehead atoms. The molecule has 86 valence electrons. The smallest absolute Gasteiger partial charge is 0.0989 e. The number of rotatable bonds is 3. The SMILES string of the molecule is CCC1(CC)CCN(C(=N)C2CC2)CC1. The summed E-state index contributed by atoms with van der Waals surface area (Å²) < 4.78 is 0. The molecule has 0 aromatic rings. The van der Waals surface area contributed by atoms with E-state index in [1.165, 1.54) is 38.5 Å². The van der Waals surface area contributed by atoms with Crippen molar-refractivity contribution in [3.8, 4) is 0 Å². The van der Waals surface area contributed by atoms with Crippen LogP contribution in [0.3, 0.4) is 0 Å². The van der Waals surface area contributed by atoms with Gasteiger partial charge in [0.1, 0.15) is 0 Å². The molecule has 1 heterocycles. The Morgan fingerprint density at radius 2 is 1.73 bits per heavy atom. The molecule has 2 nitrogen and oxygen atoms in total. The van der Waals surface area contributed by atoms with Crippen LogP contribution in [0.15, 0.2) is 0 Å². The van der Waals surface area contributed by atoms with Gasteiger partial charge in [-0.1, -0.05) is 26.7 Å². The van der Waals surface area contributed by atoms with Gasteiger partial charge in [-0.05, 0) is 31.1 Å². The molecule has 15 heavy (non-hydrogen) atoms. The maximum absolute atomic E-state index is 8.07. The molecule has 1 aliphatic heterocycles. The van der Waals surface area contributed by atoms with Gasteiger partial charge >= 0.3 is 0 Å². The zero-order valence-corrected chi connectivity index (χ0v) is 10.2. The molecular weight excluding hydrogens is 184 g/mol. The van der Waals surface area contributed by atoms with E-state index >= 15 is 0 Å².